The molecular formula is C30H27N3O4. The van der Waals surface area contributed by atoms with E-state index >= 15 is 0 Å². The zero-order valence-corrected chi connectivity index (χ0v) is 20.4. The zero-order chi connectivity index (χ0) is 25.8. The summed E-state index contributed by atoms with van der Waals surface area (Å²) in [6.45, 7) is 1.74. The van der Waals surface area contributed by atoms with Crippen molar-refractivity contribution in [2.45, 2.75) is 31.3 Å². The number of nitrogens with one attached hydrogen (secondary N) is 1. The summed E-state index contributed by atoms with van der Waals surface area (Å²) >= 11 is 0. The van der Waals surface area contributed by atoms with Crippen molar-refractivity contribution in [1.29, 1.82) is 5.26 Å². The molecule has 1 aliphatic rings. The molecule has 37 heavy (non-hydrogen) atoms. The molecule has 1 N–H and O–H groups in total. The first-order valence-corrected chi connectivity index (χ1v) is 12.2. The second-order valence-electron chi connectivity index (χ2n) is 9.17. The van der Waals surface area contributed by atoms with Gasteiger partial charge in [0.2, 0.25) is 0 Å². The van der Waals surface area contributed by atoms with E-state index in [0.29, 0.717) is 12.0 Å². The minimum Gasteiger partial charge on any atom is -0.358 e. The number of ether oxygens (including phenoxy) is 2. The van der Waals surface area contributed by atoms with Crippen LogP contribution in [0.5, 0.6) is 0 Å². The highest BCUT2D eigenvalue weighted by Gasteiger charge is 2.42. The van der Waals surface area contributed by atoms with Crippen molar-refractivity contribution in [3.63, 3.8) is 0 Å². The fraction of sp³-hybridized carbons (Fsp3) is 0.233. The Bertz CT molecular complexity index is 1410. The Balaban J connectivity index is 1.53. The van der Waals surface area contributed by atoms with Crippen molar-refractivity contribution >= 4 is 0 Å². The van der Waals surface area contributed by atoms with Gasteiger partial charge in [-0.1, -0.05) is 91.0 Å². The average Bonchev–Trinajstić information content (AvgIpc) is 3.36. The first-order chi connectivity index (χ1) is 18.0. The number of aryl methyl sites for hydroxylation is 1. The largest absolute Gasteiger partial charge is 0.358 e. The van der Waals surface area contributed by atoms with Gasteiger partial charge in [-0.05, 0) is 23.6 Å². The quantitative estimate of drug-likeness (QED) is 0.388. The lowest BCUT2D eigenvalue weighted by atomic mass is 9.80. The molecule has 0 saturated carbocycles. The Kier molecular flexibility index (Phi) is 6.87. The molecule has 1 fully saturated rings. The topological polar surface area (TPSA) is 97.1 Å². The van der Waals surface area contributed by atoms with Crippen molar-refractivity contribution in [2.24, 2.45) is 5.92 Å². The van der Waals surface area contributed by atoms with Crippen LogP contribution in [0.3, 0.4) is 0 Å². The van der Waals surface area contributed by atoms with E-state index in [9.17, 15) is 14.9 Å². The van der Waals surface area contributed by atoms with Crippen LogP contribution in [0.1, 0.15) is 34.9 Å². The van der Waals surface area contributed by atoms with Crippen LogP contribution in [0.15, 0.2) is 107 Å². The van der Waals surface area contributed by atoms with E-state index in [-0.39, 0.29) is 6.61 Å². The van der Waals surface area contributed by atoms with Crippen LogP contribution in [-0.2, 0) is 15.1 Å². The molecule has 7 heteroatoms. The molecular weight excluding hydrogens is 466 g/mol. The number of nitriles is 1. The third-order valence-electron chi connectivity index (χ3n) is 6.86. The molecule has 5 rings (SSSR count). The van der Waals surface area contributed by atoms with E-state index in [0.717, 1.165) is 16.7 Å². The van der Waals surface area contributed by atoms with Gasteiger partial charge in [-0.3, -0.25) is 14.3 Å². The van der Waals surface area contributed by atoms with Gasteiger partial charge in [-0.15, -0.1) is 0 Å². The summed E-state index contributed by atoms with van der Waals surface area (Å²) in [5, 5.41) is 9.92. The summed E-state index contributed by atoms with van der Waals surface area (Å²) in [4.78, 5) is 26.6. The SMILES string of the molecule is Cc1cn([C@H]2C[C@H](C#N)[C@@H](COC(c3ccccc3)(c3ccccc3)c3ccccc3)O2)c(=O)[nH]c1=O. The Morgan fingerprint density at radius 1 is 0.946 bits per heavy atom. The summed E-state index contributed by atoms with van der Waals surface area (Å²) in [6, 6.07) is 32.3. The van der Waals surface area contributed by atoms with Crippen molar-refractivity contribution in [2.75, 3.05) is 6.61 Å². The number of aromatic amines is 1. The van der Waals surface area contributed by atoms with Gasteiger partial charge in [-0.25, -0.2) is 4.79 Å². The smallest absolute Gasteiger partial charge is 0.330 e. The minimum absolute atomic E-state index is 0.116. The Labute approximate surface area is 214 Å². The molecule has 0 unspecified atom stereocenters. The number of aromatic nitrogens is 2. The zero-order valence-electron chi connectivity index (χ0n) is 20.4. The van der Waals surface area contributed by atoms with Gasteiger partial charge in [0.05, 0.1) is 24.7 Å². The highest BCUT2D eigenvalue weighted by molar-refractivity contribution is 5.47. The number of hydrogen-bond donors (Lipinski definition) is 1. The molecule has 0 amide bonds. The number of hydrogen-bond acceptors (Lipinski definition) is 5. The second kappa shape index (κ2) is 10.4. The third-order valence-corrected chi connectivity index (χ3v) is 6.86. The van der Waals surface area contributed by atoms with Crippen LogP contribution in [0.4, 0.5) is 0 Å². The summed E-state index contributed by atoms with van der Waals surface area (Å²) in [5.41, 5.74) is 1.29. The van der Waals surface area contributed by atoms with Crippen molar-refractivity contribution < 1.29 is 9.47 Å². The maximum absolute atomic E-state index is 12.5. The molecule has 1 saturated heterocycles. The molecule has 1 aromatic heterocycles. The van der Waals surface area contributed by atoms with Crippen LogP contribution >= 0.6 is 0 Å². The summed E-state index contributed by atoms with van der Waals surface area (Å²) in [5.74, 6) is -0.496. The lowest BCUT2D eigenvalue weighted by molar-refractivity contribution is -0.0816. The summed E-state index contributed by atoms with van der Waals surface area (Å²) in [6.07, 6.45) is 0.530. The normalized spacial score (nSPS) is 19.4. The fourth-order valence-electron chi connectivity index (χ4n) is 4.97. The number of rotatable bonds is 7. The molecule has 0 aliphatic carbocycles. The van der Waals surface area contributed by atoms with Crippen LogP contribution < -0.4 is 11.2 Å². The molecule has 7 nitrogen and oxygen atoms in total. The van der Waals surface area contributed by atoms with Gasteiger partial charge in [-0.2, -0.15) is 5.26 Å². The van der Waals surface area contributed by atoms with E-state index < -0.39 is 35.1 Å². The molecule has 2 heterocycles. The molecule has 0 radical (unpaired) electrons. The van der Waals surface area contributed by atoms with E-state index in [1.807, 2.05) is 91.0 Å². The number of H-pyrrole nitrogens is 1. The van der Waals surface area contributed by atoms with Crippen LogP contribution in [0.2, 0.25) is 0 Å². The van der Waals surface area contributed by atoms with Crippen molar-refractivity contribution in [3.05, 3.63) is 140 Å². The fourth-order valence-corrected chi connectivity index (χ4v) is 4.97. The van der Waals surface area contributed by atoms with Gasteiger partial charge in [0.15, 0.2) is 0 Å². The Hall–Kier alpha value is -4.25. The standard InChI is InChI=1S/C30H27N3O4/c1-21-19-33(29(35)32-28(21)34)27-17-22(18-31)26(37-27)20-36-30(23-11-5-2-6-12-23,24-13-7-3-8-14-24)25-15-9-4-10-16-25/h2-16,19,22,26-27H,17,20H2,1H3,(H,32,34,35)/t22-,26-,27-/m1/s1. The van der Waals surface area contributed by atoms with E-state index in [1.165, 1.54) is 10.8 Å². The lowest BCUT2D eigenvalue weighted by Gasteiger charge is -2.37. The lowest BCUT2D eigenvalue weighted by Crippen LogP contribution is -2.37. The highest BCUT2D eigenvalue weighted by atomic mass is 16.6. The molecule has 1 aliphatic heterocycles. The predicted octanol–water partition coefficient (Wildman–Crippen LogP) is 4.28. The van der Waals surface area contributed by atoms with Gasteiger partial charge in [0, 0.05) is 18.2 Å². The molecule has 3 atom stereocenters. The predicted molar refractivity (Wildman–Crippen MR) is 139 cm³/mol. The summed E-state index contributed by atoms with van der Waals surface area (Å²) in [7, 11) is 0. The van der Waals surface area contributed by atoms with E-state index in [1.54, 1.807) is 6.92 Å². The Morgan fingerprint density at radius 3 is 1.95 bits per heavy atom. The van der Waals surface area contributed by atoms with E-state index in [2.05, 4.69) is 11.1 Å². The van der Waals surface area contributed by atoms with E-state index in [4.69, 9.17) is 9.47 Å². The molecule has 0 spiro atoms. The maximum Gasteiger partial charge on any atom is 0.330 e. The van der Waals surface area contributed by atoms with Gasteiger partial charge < -0.3 is 9.47 Å². The van der Waals surface area contributed by atoms with Crippen LogP contribution in [0.25, 0.3) is 0 Å². The molecule has 4 aromatic rings. The monoisotopic (exact) mass is 493 g/mol. The third kappa shape index (κ3) is 4.65. The molecule has 0 bridgehead atoms. The van der Waals surface area contributed by atoms with Gasteiger partial charge >= 0.3 is 5.69 Å². The second-order valence-corrected chi connectivity index (χ2v) is 9.17. The van der Waals surface area contributed by atoms with Crippen molar-refractivity contribution in [3.8, 4) is 6.07 Å². The van der Waals surface area contributed by atoms with Gasteiger partial charge in [0.25, 0.3) is 5.56 Å². The molecule has 186 valence electrons. The average molecular weight is 494 g/mol. The number of nitrogens with zero attached hydrogens (tertiary/aromatic N) is 2. The number of benzene rings is 3. The van der Waals surface area contributed by atoms with Crippen LogP contribution in [-0.4, -0.2) is 22.3 Å². The van der Waals surface area contributed by atoms with Gasteiger partial charge in [0.1, 0.15) is 11.8 Å². The minimum atomic E-state index is -0.948. The first kappa shape index (κ1) is 24.4. The Morgan fingerprint density at radius 2 is 1.46 bits per heavy atom. The van der Waals surface area contributed by atoms with Crippen LogP contribution in [0, 0.1) is 24.2 Å². The summed E-state index contributed by atoms with van der Waals surface area (Å²) < 4.78 is 14.4. The maximum atomic E-state index is 12.5. The van der Waals surface area contributed by atoms with Crippen molar-refractivity contribution in [1.82, 2.24) is 9.55 Å². The highest BCUT2D eigenvalue weighted by Crippen LogP contribution is 2.42. The molecule has 3 aromatic carbocycles. The first-order valence-electron chi connectivity index (χ1n) is 12.2.